The summed E-state index contributed by atoms with van der Waals surface area (Å²) in [5, 5.41) is 10.2. The lowest BCUT2D eigenvalue weighted by Crippen LogP contribution is -2.48. The minimum Gasteiger partial charge on any atom is -0.468 e. The molecule has 2 N–H and O–H groups in total. The molecule has 2 aromatic rings. The van der Waals surface area contributed by atoms with Gasteiger partial charge in [-0.05, 0) is 51.9 Å². The third-order valence-corrected chi connectivity index (χ3v) is 4.76. The number of amides is 2. The molecule has 0 bridgehead atoms. The fourth-order valence-corrected chi connectivity index (χ4v) is 3.28. The van der Waals surface area contributed by atoms with Crippen molar-refractivity contribution in [3.63, 3.8) is 0 Å². The molecule has 1 aliphatic rings. The number of hydrogen-bond donors (Lipinski definition) is 2. The molecular formula is C18H27N5O2. The first-order valence-electron chi connectivity index (χ1n) is 8.78. The largest absolute Gasteiger partial charge is 0.468 e. The summed E-state index contributed by atoms with van der Waals surface area (Å²) >= 11 is 0. The molecular weight excluding hydrogens is 318 g/mol. The molecule has 0 radical (unpaired) electrons. The van der Waals surface area contributed by atoms with Gasteiger partial charge in [-0.15, -0.1) is 0 Å². The average molecular weight is 345 g/mol. The number of carbonyl (C=O) groups is 1. The van der Waals surface area contributed by atoms with E-state index in [4.69, 9.17) is 4.42 Å². The van der Waals surface area contributed by atoms with Crippen LogP contribution in [0.15, 0.2) is 35.2 Å². The van der Waals surface area contributed by atoms with Crippen molar-refractivity contribution in [2.45, 2.75) is 38.3 Å². The van der Waals surface area contributed by atoms with Gasteiger partial charge in [0.1, 0.15) is 5.76 Å². The Bertz CT molecular complexity index is 686. The van der Waals surface area contributed by atoms with E-state index in [2.05, 4.69) is 20.6 Å². The number of aromatic nitrogens is 2. The first-order chi connectivity index (χ1) is 12.0. The summed E-state index contributed by atoms with van der Waals surface area (Å²) in [5.41, 5.74) is 0.471. The van der Waals surface area contributed by atoms with Crippen LogP contribution in [0.1, 0.15) is 44.1 Å². The highest BCUT2D eigenvalue weighted by Crippen LogP contribution is 2.25. The zero-order valence-corrected chi connectivity index (χ0v) is 15.2. The molecule has 7 nitrogen and oxygen atoms in total. The lowest BCUT2D eigenvalue weighted by molar-refractivity contribution is 0.199. The van der Waals surface area contributed by atoms with E-state index in [1.165, 1.54) is 12.8 Å². The molecule has 2 amide bonds. The summed E-state index contributed by atoms with van der Waals surface area (Å²) in [5.74, 6) is 0.897. The zero-order valence-electron chi connectivity index (χ0n) is 15.2. The van der Waals surface area contributed by atoms with Gasteiger partial charge in [-0.25, -0.2) is 4.79 Å². The van der Waals surface area contributed by atoms with E-state index in [1.54, 1.807) is 17.1 Å². The second kappa shape index (κ2) is 7.31. The van der Waals surface area contributed by atoms with Crippen molar-refractivity contribution < 1.29 is 9.21 Å². The molecule has 25 heavy (non-hydrogen) atoms. The highest BCUT2D eigenvalue weighted by molar-refractivity contribution is 5.75. The number of nitrogens with zero attached hydrogens (tertiary/aromatic N) is 3. The van der Waals surface area contributed by atoms with Gasteiger partial charge < -0.3 is 15.1 Å². The lowest BCUT2D eigenvalue weighted by Gasteiger charge is -2.28. The zero-order chi connectivity index (χ0) is 17.9. The Hall–Kier alpha value is -2.28. The number of urea groups is 1. The van der Waals surface area contributed by atoms with Gasteiger partial charge in [-0.1, -0.05) is 0 Å². The first-order valence-corrected chi connectivity index (χ1v) is 8.78. The second-order valence-electron chi connectivity index (χ2n) is 7.14. The Labute approximate surface area is 148 Å². The third kappa shape index (κ3) is 4.22. The van der Waals surface area contributed by atoms with Gasteiger partial charge in [0.2, 0.25) is 0 Å². The van der Waals surface area contributed by atoms with Crippen LogP contribution >= 0.6 is 0 Å². The highest BCUT2D eigenvalue weighted by atomic mass is 16.3. The van der Waals surface area contributed by atoms with Crippen LogP contribution < -0.4 is 10.6 Å². The topological polar surface area (TPSA) is 75.3 Å². The molecule has 3 rings (SSSR count). The third-order valence-electron chi connectivity index (χ3n) is 4.76. The smallest absolute Gasteiger partial charge is 0.315 e. The van der Waals surface area contributed by atoms with Crippen LogP contribution in [0.5, 0.6) is 0 Å². The SMILES string of the molecule is Cn1cc(C(C)(C)NC(=O)NCC(c2ccco2)N2CCCC2)cn1. The van der Waals surface area contributed by atoms with E-state index < -0.39 is 5.54 Å². The fourth-order valence-electron chi connectivity index (χ4n) is 3.28. The molecule has 1 atom stereocenters. The summed E-state index contributed by atoms with van der Waals surface area (Å²) in [7, 11) is 1.86. The lowest BCUT2D eigenvalue weighted by atomic mass is 9.98. The van der Waals surface area contributed by atoms with Gasteiger partial charge in [0, 0.05) is 25.4 Å². The van der Waals surface area contributed by atoms with E-state index in [0.29, 0.717) is 6.54 Å². The van der Waals surface area contributed by atoms with Gasteiger partial charge in [0.05, 0.1) is 24.0 Å². The first kappa shape index (κ1) is 17.5. The normalized spacial score (nSPS) is 16.8. The van der Waals surface area contributed by atoms with Crippen molar-refractivity contribution in [3.8, 4) is 0 Å². The van der Waals surface area contributed by atoms with Crippen molar-refractivity contribution in [1.29, 1.82) is 0 Å². The van der Waals surface area contributed by atoms with Gasteiger partial charge in [-0.3, -0.25) is 9.58 Å². The van der Waals surface area contributed by atoms with Gasteiger partial charge >= 0.3 is 6.03 Å². The molecule has 1 unspecified atom stereocenters. The van der Waals surface area contributed by atoms with E-state index in [0.717, 1.165) is 24.4 Å². The molecule has 136 valence electrons. The van der Waals surface area contributed by atoms with Crippen molar-refractivity contribution in [3.05, 3.63) is 42.1 Å². The van der Waals surface area contributed by atoms with E-state index in [1.807, 2.05) is 39.2 Å². The summed E-state index contributed by atoms with van der Waals surface area (Å²) in [6.45, 7) is 6.52. The Balaban J connectivity index is 1.59. The highest BCUT2D eigenvalue weighted by Gasteiger charge is 2.28. The number of rotatable bonds is 6. The predicted octanol–water partition coefficient (Wildman–Crippen LogP) is 2.38. The Morgan fingerprint density at radius 1 is 1.40 bits per heavy atom. The summed E-state index contributed by atoms with van der Waals surface area (Å²) < 4.78 is 7.32. The number of furan rings is 1. The number of hydrogen-bond acceptors (Lipinski definition) is 4. The monoisotopic (exact) mass is 345 g/mol. The molecule has 0 spiro atoms. The van der Waals surface area contributed by atoms with Gasteiger partial charge in [0.25, 0.3) is 0 Å². The van der Waals surface area contributed by atoms with Crippen LogP contribution in [-0.2, 0) is 12.6 Å². The van der Waals surface area contributed by atoms with Crippen LogP contribution in [0.3, 0.4) is 0 Å². The Morgan fingerprint density at radius 3 is 2.76 bits per heavy atom. The van der Waals surface area contributed by atoms with Gasteiger partial charge in [-0.2, -0.15) is 5.10 Å². The molecule has 0 aromatic carbocycles. The van der Waals surface area contributed by atoms with Crippen LogP contribution in [0.25, 0.3) is 0 Å². The van der Waals surface area contributed by atoms with Crippen LogP contribution in [0, 0.1) is 0 Å². The number of aryl methyl sites for hydroxylation is 1. The molecule has 0 aliphatic carbocycles. The molecule has 1 fully saturated rings. The minimum atomic E-state index is -0.494. The van der Waals surface area contributed by atoms with Crippen molar-refractivity contribution >= 4 is 6.03 Å². The van der Waals surface area contributed by atoms with E-state index in [-0.39, 0.29) is 12.1 Å². The minimum absolute atomic E-state index is 0.0738. The number of nitrogens with one attached hydrogen (secondary N) is 2. The van der Waals surface area contributed by atoms with Crippen LogP contribution in [-0.4, -0.2) is 40.3 Å². The summed E-state index contributed by atoms with van der Waals surface area (Å²) in [4.78, 5) is 14.8. The van der Waals surface area contributed by atoms with Crippen molar-refractivity contribution in [1.82, 2.24) is 25.3 Å². The summed E-state index contributed by atoms with van der Waals surface area (Å²) in [6, 6.07) is 3.75. The Kier molecular flexibility index (Phi) is 5.13. The van der Waals surface area contributed by atoms with E-state index >= 15 is 0 Å². The standard InChI is InChI=1S/C18H27N5O2/c1-18(2,14-11-20-22(3)13-14)21-17(24)19-12-15(16-7-6-10-25-16)23-8-4-5-9-23/h6-7,10-11,13,15H,4-5,8-9,12H2,1-3H3,(H2,19,21,24). The molecule has 7 heteroatoms. The Morgan fingerprint density at radius 2 is 2.16 bits per heavy atom. The number of likely N-dealkylation sites (tertiary alicyclic amines) is 1. The second-order valence-corrected chi connectivity index (χ2v) is 7.14. The molecule has 0 saturated carbocycles. The molecule has 1 saturated heterocycles. The molecule has 3 heterocycles. The van der Waals surface area contributed by atoms with Gasteiger partial charge in [0.15, 0.2) is 0 Å². The molecule has 2 aromatic heterocycles. The van der Waals surface area contributed by atoms with E-state index in [9.17, 15) is 4.79 Å². The maximum atomic E-state index is 12.4. The number of carbonyl (C=O) groups excluding carboxylic acids is 1. The maximum absolute atomic E-state index is 12.4. The van der Waals surface area contributed by atoms with Crippen LogP contribution in [0.2, 0.25) is 0 Å². The molecule has 1 aliphatic heterocycles. The van der Waals surface area contributed by atoms with Crippen LogP contribution in [0.4, 0.5) is 4.79 Å². The average Bonchev–Trinajstić information content (AvgIpc) is 3.29. The van der Waals surface area contributed by atoms with Crippen molar-refractivity contribution in [2.75, 3.05) is 19.6 Å². The maximum Gasteiger partial charge on any atom is 0.315 e. The fraction of sp³-hybridized carbons (Fsp3) is 0.556. The summed E-state index contributed by atoms with van der Waals surface area (Å²) in [6.07, 6.45) is 7.76. The van der Waals surface area contributed by atoms with Crippen molar-refractivity contribution in [2.24, 2.45) is 7.05 Å². The quantitative estimate of drug-likeness (QED) is 0.843. The predicted molar refractivity (Wildman–Crippen MR) is 95.0 cm³/mol.